The highest BCUT2D eigenvalue weighted by atomic mass is 32.2. The summed E-state index contributed by atoms with van der Waals surface area (Å²) in [5.41, 5.74) is 4.67. The van der Waals surface area contributed by atoms with Gasteiger partial charge in [-0.2, -0.15) is 0 Å². The fourth-order valence-corrected chi connectivity index (χ4v) is 5.79. The van der Waals surface area contributed by atoms with Crippen LogP contribution in [0.15, 0.2) is 78.9 Å². The zero-order valence-electron chi connectivity index (χ0n) is 24.7. The summed E-state index contributed by atoms with van der Waals surface area (Å²) in [6, 6.07) is 24.4. The summed E-state index contributed by atoms with van der Waals surface area (Å²) in [4.78, 5) is 29.0. The van der Waals surface area contributed by atoms with Crippen molar-refractivity contribution in [3.8, 4) is 0 Å². The summed E-state index contributed by atoms with van der Waals surface area (Å²) in [7, 11) is -3.55. The Morgan fingerprint density at radius 1 is 0.878 bits per heavy atom. The van der Waals surface area contributed by atoms with Crippen LogP contribution in [-0.2, 0) is 39.0 Å². The molecule has 3 aromatic carbocycles. The van der Waals surface area contributed by atoms with Crippen LogP contribution >= 0.6 is 0 Å². The number of sulfonamides is 1. The third kappa shape index (κ3) is 9.74. The van der Waals surface area contributed by atoms with Crippen LogP contribution in [0.1, 0.15) is 55.4 Å². The van der Waals surface area contributed by atoms with E-state index >= 15 is 0 Å². The minimum absolute atomic E-state index is 0.108. The first-order chi connectivity index (χ1) is 19.6. The van der Waals surface area contributed by atoms with Gasteiger partial charge in [-0.1, -0.05) is 86.1 Å². The van der Waals surface area contributed by atoms with Gasteiger partial charge in [0.05, 0.1) is 11.9 Å². The molecule has 0 unspecified atom stereocenters. The SMILES string of the molecule is CCCNC(=O)[C@@H](Cc1ccccc1)N(Cc1cccc(C)c1)C(=O)CCCN(c1ccc(CC)cc1)S(C)(=O)=O. The van der Waals surface area contributed by atoms with E-state index in [-0.39, 0.29) is 31.3 Å². The second kappa shape index (κ2) is 15.4. The number of nitrogens with one attached hydrogen (secondary N) is 1. The quantitative estimate of drug-likeness (QED) is 0.267. The minimum Gasteiger partial charge on any atom is -0.354 e. The molecule has 0 fully saturated rings. The summed E-state index contributed by atoms with van der Waals surface area (Å²) < 4.78 is 26.6. The third-order valence-corrected chi connectivity index (χ3v) is 8.23. The fraction of sp³-hybridized carbons (Fsp3) is 0.394. The van der Waals surface area contributed by atoms with E-state index in [1.54, 1.807) is 17.0 Å². The van der Waals surface area contributed by atoms with E-state index < -0.39 is 16.1 Å². The number of nitrogens with zero attached hydrogens (tertiary/aromatic N) is 2. The molecule has 0 saturated heterocycles. The summed E-state index contributed by atoms with van der Waals surface area (Å²) in [5.74, 6) is -0.376. The van der Waals surface area contributed by atoms with E-state index in [2.05, 4.69) is 5.32 Å². The largest absolute Gasteiger partial charge is 0.354 e. The van der Waals surface area contributed by atoms with Crippen molar-refractivity contribution in [1.29, 1.82) is 0 Å². The van der Waals surface area contributed by atoms with E-state index in [0.29, 0.717) is 25.1 Å². The van der Waals surface area contributed by atoms with Crippen LogP contribution in [0.2, 0.25) is 0 Å². The van der Waals surface area contributed by atoms with Crippen LogP contribution in [0, 0.1) is 6.92 Å². The lowest BCUT2D eigenvalue weighted by Crippen LogP contribution is -2.50. The molecule has 3 aromatic rings. The molecule has 0 aliphatic carbocycles. The number of carbonyl (C=O) groups excluding carboxylic acids is 2. The molecule has 0 bridgehead atoms. The van der Waals surface area contributed by atoms with Crippen molar-refractivity contribution >= 4 is 27.5 Å². The fourth-order valence-electron chi connectivity index (χ4n) is 4.83. The molecule has 0 aliphatic heterocycles. The molecule has 3 rings (SSSR count). The summed E-state index contributed by atoms with van der Waals surface area (Å²) >= 11 is 0. The Balaban J connectivity index is 1.86. The minimum atomic E-state index is -3.55. The van der Waals surface area contributed by atoms with E-state index in [1.165, 1.54) is 10.6 Å². The molecule has 0 saturated carbocycles. The number of hydrogen-bond acceptors (Lipinski definition) is 4. The number of carbonyl (C=O) groups is 2. The van der Waals surface area contributed by atoms with Gasteiger partial charge in [-0.3, -0.25) is 13.9 Å². The van der Waals surface area contributed by atoms with Crippen molar-refractivity contribution in [2.75, 3.05) is 23.7 Å². The number of benzene rings is 3. The van der Waals surface area contributed by atoms with Crippen LogP contribution in [0.4, 0.5) is 5.69 Å². The Labute approximate surface area is 245 Å². The lowest BCUT2D eigenvalue weighted by molar-refractivity contribution is -0.141. The Hall–Kier alpha value is -3.65. The highest BCUT2D eigenvalue weighted by molar-refractivity contribution is 7.92. The van der Waals surface area contributed by atoms with Gasteiger partial charge in [0, 0.05) is 32.5 Å². The Morgan fingerprint density at radius 3 is 2.17 bits per heavy atom. The first-order valence-electron chi connectivity index (χ1n) is 14.4. The number of anilines is 1. The van der Waals surface area contributed by atoms with E-state index in [1.807, 2.05) is 87.5 Å². The lowest BCUT2D eigenvalue weighted by Gasteiger charge is -2.32. The number of aryl methyl sites for hydroxylation is 2. The maximum absolute atomic E-state index is 13.9. The summed E-state index contributed by atoms with van der Waals surface area (Å²) in [6.45, 7) is 7.01. The number of hydrogen-bond donors (Lipinski definition) is 1. The van der Waals surface area contributed by atoms with Crippen molar-refractivity contribution < 1.29 is 18.0 Å². The molecule has 0 aromatic heterocycles. The molecular formula is C33H43N3O4S. The zero-order valence-corrected chi connectivity index (χ0v) is 25.5. The van der Waals surface area contributed by atoms with Crippen LogP contribution in [-0.4, -0.2) is 50.5 Å². The van der Waals surface area contributed by atoms with Gasteiger partial charge in [-0.15, -0.1) is 0 Å². The van der Waals surface area contributed by atoms with Gasteiger partial charge in [-0.25, -0.2) is 8.42 Å². The van der Waals surface area contributed by atoms with Crippen molar-refractivity contribution in [3.05, 3.63) is 101 Å². The van der Waals surface area contributed by atoms with E-state index in [4.69, 9.17) is 0 Å². The Kier molecular flexibility index (Phi) is 12.0. The monoisotopic (exact) mass is 577 g/mol. The Morgan fingerprint density at radius 2 is 1.56 bits per heavy atom. The molecule has 0 aliphatic rings. The van der Waals surface area contributed by atoms with Crippen LogP contribution in [0.25, 0.3) is 0 Å². The molecular weight excluding hydrogens is 534 g/mol. The average Bonchev–Trinajstić information content (AvgIpc) is 2.95. The van der Waals surface area contributed by atoms with Crippen molar-refractivity contribution in [3.63, 3.8) is 0 Å². The highest BCUT2D eigenvalue weighted by Crippen LogP contribution is 2.21. The van der Waals surface area contributed by atoms with Crippen molar-refractivity contribution in [2.24, 2.45) is 0 Å². The van der Waals surface area contributed by atoms with Gasteiger partial charge in [0.15, 0.2) is 0 Å². The molecule has 7 nitrogen and oxygen atoms in total. The van der Waals surface area contributed by atoms with Crippen LogP contribution in [0.5, 0.6) is 0 Å². The first kappa shape index (κ1) is 31.9. The topological polar surface area (TPSA) is 86.8 Å². The third-order valence-electron chi connectivity index (χ3n) is 7.04. The second-order valence-corrected chi connectivity index (χ2v) is 12.4. The van der Waals surface area contributed by atoms with E-state index in [9.17, 15) is 18.0 Å². The summed E-state index contributed by atoms with van der Waals surface area (Å²) in [5, 5.41) is 2.99. The molecule has 0 spiro atoms. The van der Waals surface area contributed by atoms with Crippen molar-refractivity contribution in [2.45, 2.75) is 65.5 Å². The van der Waals surface area contributed by atoms with Crippen molar-refractivity contribution in [1.82, 2.24) is 10.2 Å². The lowest BCUT2D eigenvalue weighted by atomic mass is 10.0. The molecule has 0 heterocycles. The molecule has 0 radical (unpaired) electrons. The van der Waals surface area contributed by atoms with Crippen LogP contribution in [0.3, 0.4) is 0 Å². The van der Waals surface area contributed by atoms with Gasteiger partial charge < -0.3 is 10.2 Å². The smallest absolute Gasteiger partial charge is 0.243 e. The maximum Gasteiger partial charge on any atom is 0.243 e. The highest BCUT2D eigenvalue weighted by Gasteiger charge is 2.30. The molecule has 220 valence electrons. The predicted molar refractivity (Wildman–Crippen MR) is 166 cm³/mol. The van der Waals surface area contributed by atoms with E-state index in [0.717, 1.165) is 35.1 Å². The van der Waals surface area contributed by atoms with Crippen LogP contribution < -0.4 is 9.62 Å². The number of rotatable bonds is 15. The standard InChI is InChI=1S/C33H43N3O4S/c1-5-21-34-33(38)31(24-28-13-8-7-9-14-28)35(25-29-15-10-12-26(3)23-29)32(37)16-11-22-36(41(4,39)40)30-19-17-27(6-2)18-20-30/h7-10,12-15,17-20,23,31H,5-6,11,16,21-22,24-25H2,1-4H3,(H,34,38)/t31-/m1/s1. The van der Waals surface area contributed by atoms with Gasteiger partial charge in [0.2, 0.25) is 21.8 Å². The molecule has 41 heavy (non-hydrogen) atoms. The summed E-state index contributed by atoms with van der Waals surface area (Å²) in [6.07, 6.45) is 3.64. The van der Waals surface area contributed by atoms with Gasteiger partial charge in [0.1, 0.15) is 6.04 Å². The van der Waals surface area contributed by atoms with Gasteiger partial charge >= 0.3 is 0 Å². The number of amides is 2. The molecule has 8 heteroatoms. The first-order valence-corrected chi connectivity index (χ1v) is 16.2. The molecule has 1 N–H and O–H groups in total. The maximum atomic E-state index is 13.9. The Bertz CT molecular complexity index is 1380. The second-order valence-electron chi connectivity index (χ2n) is 10.5. The molecule has 1 atom stereocenters. The average molecular weight is 578 g/mol. The van der Waals surface area contributed by atoms with Gasteiger partial charge in [-0.05, 0) is 55.0 Å². The predicted octanol–water partition coefficient (Wildman–Crippen LogP) is 5.27. The molecule has 2 amide bonds. The zero-order chi connectivity index (χ0) is 29.8. The normalized spacial score (nSPS) is 12.0. The van der Waals surface area contributed by atoms with Gasteiger partial charge in [0.25, 0.3) is 0 Å².